The number of hydrogen-bond donors (Lipinski definition) is 2. The number of nitrogens with zero attached hydrogens (tertiary/aromatic N) is 1. The van der Waals surface area contributed by atoms with Crippen LogP contribution in [0.15, 0.2) is 22.7 Å². The molecule has 0 heterocycles. The predicted octanol–water partition coefficient (Wildman–Crippen LogP) is 2.23. The van der Waals surface area contributed by atoms with Gasteiger partial charge in [-0.1, -0.05) is 22.0 Å². The summed E-state index contributed by atoms with van der Waals surface area (Å²) in [6.45, 7) is 4.93. The number of benzene rings is 1. The van der Waals surface area contributed by atoms with E-state index in [0.717, 1.165) is 16.7 Å². The Hall–Kier alpha value is -0.580. The van der Waals surface area contributed by atoms with Crippen LogP contribution >= 0.6 is 15.9 Å². The summed E-state index contributed by atoms with van der Waals surface area (Å²) >= 11 is 3.50. The molecule has 1 rings (SSSR count). The molecule has 0 atom stereocenters. The van der Waals surface area contributed by atoms with E-state index in [1.54, 1.807) is 0 Å². The topological polar surface area (TPSA) is 49.5 Å². The van der Waals surface area contributed by atoms with E-state index in [0.29, 0.717) is 0 Å². The highest BCUT2D eigenvalue weighted by atomic mass is 79.9. The smallest absolute Gasteiger partial charge is 0.0610 e. The van der Waals surface area contributed by atoms with E-state index in [4.69, 9.17) is 5.73 Å². The van der Waals surface area contributed by atoms with Gasteiger partial charge in [-0.3, -0.25) is 4.90 Å². The van der Waals surface area contributed by atoms with Gasteiger partial charge in [0.15, 0.2) is 0 Å². The third-order valence-corrected chi connectivity index (χ3v) is 3.64. The molecule has 3 N–H and O–H groups in total. The molecule has 0 fully saturated rings. The van der Waals surface area contributed by atoms with E-state index < -0.39 is 0 Å². The number of nitrogen functional groups attached to an aromatic ring is 1. The molecule has 0 aromatic heterocycles. The molecule has 90 valence electrons. The van der Waals surface area contributed by atoms with Gasteiger partial charge in [0.2, 0.25) is 0 Å². The lowest BCUT2D eigenvalue weighted by atomic mass is 10.0. The molecule has 0 unspecified atom stereocenters. The molecule has 0 saturated heterocycles. The number of halogens is 1. The van der Waals surface area contributed by atoms with Crippen molar-refractivity contribution in [3.05, 3.63) is 28.2 Å². The SMILES string of the molecule is CN(Cc1ccc(N)cc1Br)C(C)(C)CO. The number of rotatable bonds is 4. The molecule has 0 bridgehead atoms. The van der Waals surface area contributed by atoms with Gasteiger partial charge < -0.3 is 10.8 Å². The predicted molar refractivity (Wildman–Crippen MR) is 71.2 cm³/mol. The average molecular weight is 287 g/mol. The summed E-state index contributed by atoms with van der Waals surface area (Å²) in [4.78, 5) is 2.11. The van der Waals surface area contributed by atoms with Crippen LogP contribution in [0, 0.1) is 0 Å². The van der Waals surface area contributed by atoms with Gasteiger partial charge in [-0.05, 0) is 38.6 Å². The number of nitrogens with two attached hydrogens (primary N) is 1. The Bertz CT molecular complexity index is 366. The van der Waals surface area contributed by atoms with E-state index in [1.807, 2.05) is 39.1 Å². The zero-order valence-electron chi connectivity index (χ0n) is 10.00. The summed E-state index contributed by atoms with van der Waals surface area (Å²) in [5.74, 6) is 0. The first-order chi connectivity index (χ1) is 7.36. The van der Waals surface area contributed by atoms with Crippen LogP contribution in [0.5, 0.6) is 0 Å². The van der Waals surface area contributed by atoms with Gasteiger partial charge in [0.1, 0.15) is 0 Å². The third kappa shape index (κ3) is 3.20. The summed E-state index contributed by atoms with van der Waals surface area (Å²) in [6.07, 6.45) is 0. The second kappa shape index (κ2) is 5.17. The van der Waals surface area contributed by atoms with Gasteiger partial charge in [-0.15, -0.1) is 0 Å². The van der Waals surface area contributed by atoms with Gasteiger partial charge in [-0.25, -0.2) is 0 Å². The van der Waals surface area contributed by atoms with Crippen molar-refractivity contribution in [1.29, 1.82) is 0 Å². The zero-order chi connectivity index (χ0) is 12.3. The Morgan fingerprint density at radius 3 is 2.56 bits per heavy atom. The van der Waals surface area contributed by atoms with Crippen molar-refractivity contribution in [3.63, 3.8) is 0 Å². The second-order valence-corrected chi connectivity index (χ2v) is 5.53. The Morgan fingerprint density at radius 2 is 2.06 bits per heavy atom. The quantitative estimate of drug-likeness (QED) is 0.835. The first-order valence-corrected chi connectivity index (χ1v) is 6.02. The largest absolute Gasteiger partial charge is 0.399 e. The number of hydrogen-bond acceptors (Lipinski definition) is 3. The molecule has 4 heteroatoms. The van der Waals surface area contributed by atoms with Gasteiger partial charge in [-0.2, -0.15) is 0 Å². The minimum absolute atomic E-state index is 0.135. The van der Waals surface area contributed by atoms with Crippen LogP contribution in [-0.2, 0) is 6.54 Å². The fourth-order valence-corrected chi connectivity index (χ4v) is 1.80. The van der Waals surface area contributed by atoms with Crippen LogP contribution in [0.2, 0.25) is 0 Å². The average Bonchev–Trinajstić information content (AvgIpc) is 2.22. The fraction of sp³-hybridized carbons (Fsp3) is 0.500. The van der Waals surface area contributed by atoms with E-state index in [-0.39, 0.29) is 12.1 Å². The molecule has 1 aromatic carbocycles. The Morgan fingerprint density at radius 1 is 1.44 bits per heavy atom. The van der Waals surface area contributed by atoms with Crippen LogP contribution in [0.3, 0.4) is 0 Å². The first-order valence-electron chi connectivity index (χ1n) is 5.23. The lowest BCUT2D eigenvalue weighted by Gasteiger charge is -2.34. The minimum Gasteiger partial charge on any atom is -0.399 e. The molecule has 0 aliphatic heterocycles. The molecular weight excluding hydrogens is 268 g/mol. The normalized spacial score (nSPS) is 12.1. The van der Waals surface area contributed by atoms with E-state index in [2.05, 4.69) is 20.8 Å². The van der Waals surface area contributed by atoms with Crippen LogP contribution in [0.25, 0.3) is 0 Å². The molecule has 16 heavy (non-hydrogen) atoms. The maximum Gasteiger partial charge on any atom is 0.0610 e. The summed E-state index contributed by atoms with van der Waals surface area (Å²) in [5.41, 5.74) is 7.38. The highest BCUT2D eigenvalue weighted by Gasteiger charge is 2.22. The monoisotopic (exact) mass is 286 g/mol. The Balaban J connectivity index is 2.81. The highest BCUT2D eigenvalue weighted by Crippen LogP contribution is 2.23. The van der Waals surface area contributed by atoms with Gasteiger partial charge >= 0.3 is 0 Å². The van der Waals surface area contributed by atoms with Crippen LogP contribution in [0.1, 0.15) is 19.4 Å². The first kappa shape index (κ1) is 13.5. The third-order valence-electron chi connectivity index (χ3n) is 2.90. The molecule has 0 amide bonds. The summed E-state index contributed by atoms with van der Waals surface area (Å²) in [5, 5.41) is 9.28. The number of likely N-dealkylation sites (N-methyl/N-ethyl adjacent to an activating group) is 1. The highest BCUT2D eigenvalue weighted by molar-refractivity contribution is 9.10. The second-order valence-electron chi connectivity index (χ2n) is 4.68. The molecule has 0 radical (unpaired) electrons. The standard InChI is InChI=1S/C12H19BrN2O/c1-12(2,8-16)15(3)7-9-4-5-10(14)6-11(9)13/h4-6,16H,7-8,14H2,1-3H3. The molecule has 3 nitrogen and oxygen atoms in total. The minimum atomic E-state index is -0.221. The van der Waals surface area contributed by atoms with E-state index in [9.17, 15) is 5.11 Å². The summed E-state index contributed by atoms with van der Waals surface area (Å²) in [6, 6.07) is 5.79. The summed E-state index contributed by atoms with van der Waals surface area (Å²) < 4.78 is 1.01. The molecule has 0 saturated carbocycles. The molecule has 0 aliphatic carbocycles. The zero-order valence-corrected chi connectivity index (χ0v) is 11.6. The van der Waals surface area contributed by atoms with Crippen molar-refractivity contribution >= 4 is 21.6 Å². The van der Waals surface area contributed by atoms with Crippen LogP contribution < -0.4 is 5.73 Å². The van der Waals surface area contributed by atoms with Crippen molar-refractivity contribution in [2.45, 2.75) is 25.9 Å². The van der Waals surface area contributed by atoms with Crippen molar-refractivity contribution in [2.75, 3.05) is 19.4 Å². The van der Waals surface area contributed by atoms with E-state index in [1.165, 1.54) is 5.56 Å². The maximum absolute atomic E-state index is 9.28. The number of aliphatic hydroxyl groups is 1. The molecule has 1 aromatic rings. The van der Waals surface area contributed by atoms with Crippen molar-refractivity contribution in [2.24, 2.45) is 0 Å². The van der Waals surface area contributed by atoms with Crippen molar-refractivity contribution in [1.82, 2.24) is 4.90 Å². The van der Waals surface area contributed by atoms with Crippen LogP contribution in [0.4, 0.5) is 5.69 Å². The van der Waals surface area contributed by atoms with Crippen LogP contribution in [-0.4, -0.2) is 29.2 Å². The summed E-state index contributed by atoms with van der Waals surface area (Å²) in [7, 11) is 2.00. The molecule has 0 aliphatic rings. The fourth-order valence-electron chi connectivity index (χ4n) is 1.28. The van der Waals surface area contributed by atoms with Gasteiger partial charge in [0.05, 0.1) is 6.61 Å². The van der Waals surface area contributed by atoms with Crippen molar-refractivity contribution < 1.29 is 5.11 Å². The number of aliphatic hydroxyl groups excluding tert-OH is 1. The number of anilines is 1. The van der Waals surface area contributed by atoms with Gasteiger partial charge in [0, 0.05) is 22.2 Å². The Kier molecular flexibility index (Phi) is 4.35. The lowest BCUT2D eigenvalue weighted by molar-refractivity contribution is 0.0732. The van der Waals surface area contributed by atoms with Gasteiger partial charge in [0.25, 0.3) is 0 Å². The molecular formula is C12H19BrN2O. The maximum atomic E-state index is 9.28. The van der Waals surface area contributed by atoms with E-state index >= 15 is 0 Å². The molecule has 0 spiro atoms. The Labute approximate surface area is 105 Å². The lowest BCUT2D eigenvalue weighted by Crippen LogP contribution is -2.43. The van der Waals surface area contributed by atoms with Crippen molar-refractivity contribution in [3.8, 4) is 0 Å².